The van der Waals surface area contributed by atoms with Crippen molar-refractivity contribution in [3.05, 3.63) is 49.9 Å². The van der Waals surface area contributed by atoms with Gasteiger partial charge in [0, 0.05) is 27.1 Å². The highest BCUT2D eigenvalue weighted by molar-refractivity contribution is 14.1. The first-order chi connectivity index (χ1) is 15.0. The predicted octanol–water partition coefficient (Wildman–Crippen LogP) is 7.11. The summed E-state index contributed by atoms with van der Waals surface area (Å²) in [6, 6.07) is 10.8. The Kier molecular flexibility index (Phi) is 7.55. The smallest absolute Gasteiger partial charge is 0.348 e. The summed E-state index contributed by atoms with van der Waals surface area (Å²) in [7, 11) is 1.49. The molecule has 3 nitrogen and oxygen atoms in total. The number of nitrogens with zero attached hydrogens (tertiary/aromatic N) is 1. The van der Waals surface area contributed by atoms with Gasteiger partial charge in [0.25, 0.3) is 0 Å². The zero-order valence-electron chi connectivity index (χ0n) is 18.7. The molecule has 2 heterocycles. The van der Waals surface area contributed by atoms with Gasteiger partial charge in [-0.3, -0.25) is 4.90 Å². The molecule has 166 valence electrons. The summed E-state index contributed by atoms with van der Waals surface area (Å²) >= 11 is 3.91. The number of hydrogen-bond donors (Lipinski definition) is 0. The Morgan fingerprint density at radius 2 is 1.90 bits per heavy atom. The van der Waals surface area contributed by atoms with Crippen LogP contribution in [0.4, 0.5) is 0 Å². The molecule has 1 aromatic carbocycles. The lowest BCUT2D eigenvalue weighted by molar-refractivity contribution is 0.0606. The van der Waals surface area contributed by atoms with Crippen molar-refractivity contribution in [3.63, 3.8) is 0 Å². The SMILES string of the molecule is CCN1CCC(c2cc(-c3ccc(I)cc3)sc2C(=O)OC)=C(C2CCC(C)CC2)C1. The first-order valence-electron chi connectivity index (χ1n) is 11.4. The molecule has 0 unspecified atom stereocenters. The third-order valence-electron chi connectivity index (χ3n) is 6.97. The van der Waals surface area contributed by atoms with Crippen molar-refractivity contribution in [2.45, 2.75) is 46.0 Å². The van der Waals surface area contributed by atoms with Crippen LogP contribution in [0.2, 0.25) is 0 Å². The van der Waals surface area contributed by atoms with Crippen molar-refractivity contribution >= 4 is 45.5 Å². The molecule has 5 heteroatoms. The molecule has 0 bridgehead atoms. The van der Waals surface area contributed by atoms with E-state index in [1.54, 1.807) is 16.9 Å². The molecule has 2 aromatic rings. The van der Waals surface area contributed by atoms with Gasteiger partial charge < -0.3 is 4.74 Å². The number of esters is 1. The highest BCUT2D eigenvalue weighted by Crippen LogP contribution is 2.43. The molecule has 0 saturated heterocycles. The van der Waals surface area contributed by atoms with Crippen LogP contribution >= 0.6 is 33.9 Å². The minimum Gasteiger partial charge on any atom is -0.465 e. The van der Waals surface area contributed by atoms with Crippen LogP contribution in [-0.4, -0.2) is 37.6 Å². The van der Waals surface area contributed by atoms with Crippen LogP contribution in [0.1, 0.15) is 61.2 Å². The van der Waals surface area contributed by atoms with Crippen LogP contribution in [0.25, 0.3) is 16.0 Å². The first-order valence-corrected chi connectivity index (χ1v) is 13.3. The number of likely N-dealkylation sites (N-methyl/N-ethyl adjacent to an activating group) is 1. The largest absolute Gasteiger partial charge is 0.465 e. The second kappa shape index (κ2) is 10.2. The van der Waals surface area contributed by atoms with Gasteiger partial charge in [-0.25, -0.2) is 4.79 Å². The number of benzene rings is 1. The molecule has 0 N–H and O–H groups in total. The molecule has 2 aliphatic rings. The van der Waals surface area contributed by atoms with Crippen LogP contribution in [0, 0.1) is 15.4 Å². The fourth-order valence-corrected chi connectivity index (χ4v) is 6.49. The van der Waals surface area contributed by atoms with Crippen molar-refractivity contribution in [3.8, 4) is 10.4 Å². The molecule has 1 saturated carbocycles. The number of ether oxygens (including phenoxy) is 1. The van der Waals surface area contributed by atoms with Gasteiger partial charge in [0.15, 0.2) is 0 Å². The minimum absolute atomic E-state index is 0.209. The van der Waals surface area contributed by atoms with Gasteiger partial charge in [-0.2, -0.15) is 0 Å². The van der Waals surface area contributed by atoms with Crippen molar-refractivity contribution in [2.24, 2.45) is 11.8 Å². The molecular formula is C26H32INO2S. The van der Waals surface area contributed by atoms with Crippen LogP contribution < -0.4 is 0 Å². The number of halogens is 1. The van der Waals surface area contributed by atoms with E-state index in [-0.39, 0.29) is 5.97 Å². The highest BCUT2D eigenvalue weighted by atomic mass is 127. The quantitative estimate of drug-likeness (QED) is 0.294. The van der Waals surface area contributed by atoms with Crippen molar-refractivity contribution in [1.29, 1.82) is 0 Å². The maximum atomic E-state index is 12.8. The molecule has 1 aliphatic carbocycles. The number of carbonyl (C=O) groups is 1. The van der Waals surface area contributed by atoms with E-state index in [2.05, 4.69) is 71.7 Å². The van der Waals surface area contributed by atoms with Gasteiger partial charge in [-0.15, -0.1) is 11.3 Å². The fraction of sp³-hybridized carbons (Fsp3) is 0.500. The number of rotatable bonds is 5. The lowest BCUT2D eigenvalue weighted by Crippen LogP contribution is -2.34. The van der Waals surface area contributed by atoms with Crippen molar-refractivity contribution < 1.29 is 9.53 Å². The second-order valence-corrected chi connectivity index (χ2v) is 11.2. The van der Waals surface area contributed by atoms with Gasteiger partial charge in [0.1, 0.15) is 4.88 Å². The number of hydrogen-bond acceptors (Lipinski definition) is 4. The zero-order chi connectivity index (χ0) is 22.0. The van der Waals surface area contributed by atoms with E-state index in [0.29, 0.717) is 5.92 Å². The standard InChI is InChI=1S/C26H32INO2S/c1-4-28-14-13-21(23(16-28)18-7-5-17(2)6-8-18)22-15-24(31-25(22)26(29)30-3)19-9-11-20(27)12-10-19/h9-12,15,17-18H,4-8,13-14,16H2,1-3H3. The van der Waals surface area contributed by atoms with Crippen molar-refractivity contribution in [1.82, 2.24) is 4.90 Å². The van der Waals surface area contributed by atoms with Gasteiger partial charge in [0.2, 0.25) is 0 Å². The van der Waals surface area contributed by atoms with Gasteiger partial charge >= 0.3 is 5.97 Å². The third kappa shape index (κ3) is 5.09. The second-order valence-electron chi connectivity index (χ2n) is 8.93. The highest BCUT2D eigenvalue weighted by Gasteiger charge is 2.31. The average Bonchev–Trinajstić information content (AvgIpc) is 3.24. The summed E-state index contributed by atoms with van der Waals surface area (Å²) in [5.41, 5.74) is 5.28. The van der Waals surface area contributed by atoms with E-state index < -0.39 is 0 Å². The summed E-state index contributed by atoms with van der Waals surface area (Å²) in [6.07, 6.45) is 6.20. The molecule has 1 fully saturated rings. The average molecular weight is 550 g/mol. The molecule has 1 aliphatic heterocycles. The summed E-state index contributed by atoms with van der Waals surface area (Å²) in [5.74, 6) is 1.27. The predicted molar refractivity (Wildman–Crippen MR) is 139 cm³/mol. The first kappa shape index (κ1) is 23.0. The number of carbonyl (C=O) groups excluding carboxylic acids is 1. The van der Waals surface area contributed by atoms with E-state index in [1.807, 2.05) is 0 Å². The van der Waals surface area contributed by atoms with Crippen LogP contribution in [-0.2, 0) is 4.74 Å². The Balaban J connectivity index is 1.80. The summed E-state index contributed by atoms with van der Waals surface area (Å²) in [5, 5.41) is 0. The molecule has 0 radical (unpaired) electrons. The Labute approximate surface area is 204 Å². The molecule has 1 aromatic heterocycles. The van der Waals surface area contributed by atoms with Crippen LogP contribution in [0.3, 0.4) is 0 Å². The summed E-state index contributed by atoms with van der Waals surface area (Å²) < 4.78 is 6.43. The van der Waals surface area contributed by atoms with Gasteiger partial charge in [0.05, 0.1) is 7.11 Å². The third-order valence-corrected chi connectivity index (χ3v) is 8.86. The number of methoxy groups -OCH3 is 1. The Bertz CT molecular complexity index is 954. The van der Waals surface area contributed by atoms with Gasteiger partial charge in [-0.1, -0.05) is 38.8 Å². The Hall–Kier alpha value is -1.18. The maximum absolute atomic E-state index is 12.8. The normalized spacial score (nSPS) is 22.6. The topological polar surface area (TPSA) is 29.5 Å². The van der Waals surface area contributed by atoms with E-state index in [0.717, 1.165) is 47.3 Å². The lowest BCUT2D eigenvalue weighted by atomic mass is 9.75. The summed E-state index contributed by atoms with van der Waals surface area (Å²) in [4.78, 5) is 17.2. The van der Waals surface area contributed by atoms with Crippen LogP contribution in [0.15, 0.2) is 35.9 Å². The lowest BCUT2D eigenvalue weighted by Gasteiger charge is -2.37. The van der Waals surface area contributed by atoms with E-state index in [4.69, 9.17) is 4.74 Å². The maximum Gasteiger partial charge on any atom is 0.348 e. The molecule has 0 amide bonds. The molecular weight excluding hydrogens is 517 g/mol. The van der Waals surface area contributed by atoms with Crippen LogP contribution in [0.5, 0.6) is 0 Å². The zero-order valence-corrected chi connectivity index (χ0v) is 21.7. The monoisotopic (exact) mass is 549 g/mol. The fourth-order valence-electron chi connectivity index (χ4n) is 5.02. The van der Waals surface area contributed by atoms with E-state index in [9.17, 15) is 4.79 Å². The molecule has 4 rings (SSSR count). The molecule has 31 heavy (non-hydrogen) atoms. The summed E-state index contributed by atoms with van der Waals surface area (Å²) in [6.45, 7) is 7.83. The minimum atomic E-state index is -0.209. The Morgan fingerprint density at radius 3 is 2.55 bits per heavy atom. The number of thiophene rings is 1. The Morgan fingerprint density at radius 1 is 1.19 bits per heavy atom. The molecule has 0 atom stereocenters. The van der Waals surface area contributed by atoms with E-state index >= 15 is 0 Å². The van der Waals surface area contributed by atoms with E-state index in [1.165, 1.54) is 47.5 Å². The van der Waals surface area contributed by atoms with Crippen molar-refractivity contribution in [2.75, 3.05) is 26.7 Å². The molecule has 0 spiro atoms. The van der Waals surface area contributed by atoms with Gasteiger partial charge in [-0.05, 0) is 95.1 Å².